The number of rotatable bonds is 5. The number of amidine groups is 1. The number of nitrogen functional groups attached to an aromatic ring is 1. The average Bonchev–Trinajstić information content (AvgIpc) is 2.83. The molecule has 0 aliphatic rings. The smallest absolute Gasteiger partial charge is 0.135 e. The molecular formula is C13H18N6S. The van der Waals surface area contributed by atoms with Crippen molar-refractivity contribution in [3.8, 4) is 0 Å². The summed E-state index contributed by atoms with van der Waals surface area (Å²) in [6.45, 7) is 4.07. The maximum absolute atomic E-state index is 7.84. The van der Waals surface area contributed by atoms with Gasteiger partial charge in [0.1, 0.15) is 10.9 Å². The van der Waals surface area contributed by atoms with Crippen LogP contribution in [0.3, 0.4) is 0 Å². The Kier molecular flexibility index (Phi) is 4.39. The van der Waals surface area contributed by atoms with Crippen LogP contribution < -0.4 is 5.73 Å². The lowest BCUT2D eigenvalue weighted by molar-refractivity contribution is 0.766. The fourth-order valence-electron chi connectivity index (χ4n) is 2.07. The topological polar surface area (TPSA) is 93.5 Å². The number of hydrogen-bond donors (Lipinski definition) is 2. The Balaban J connectivity index is 2.49. The summed E-state index contributed by atoms with van der Waals surface area (Å²) < 4.78 is 1.73. The molecule has 0 amide bonds. The standard InChI is InChI=1S/C13H18N6S/c1-4-9-10(5-2)17-18-13(11(9)12(14)15)20-8-6-16-19(3)7-8/h6-7H,4-5H2,1-3H3,(H3,14,15). The van der Waals surface area contributed by atoms with Gasteiger partial charge in [-0.1, -0.05) is 25.6 Å². The van der Waals surface area contributed by atoms with Crippen molar-refractivity contribution < 1.29 is 0 Å². The van der Waals surface area contributed by atoms with Gasteiger partial charge in [-0.15, -0.1) is 5.10 Å². The van der Waals surface area contributed by atoms with E-state index in [1.807, 2.05) is 27.1 Å². The first kappa shape index (κ1) is 14.5. The summed E-state index contributed by atoms with van der Waals surface area (Å²) in [7, 11) is 1.86. The van der Waals surface area contributed by atoms with E-state index >= 15 is 0 Å². The molecular weight excluding hydrogens is 272 g/mol. The summed E-state index contributed by atoms with van der Waals surface area (Å²) in [4.78, 5) is 0.954. The van der Waals surface area contributed by atoms with E-state index in [1.165, 1.54) is 11.8 Å². The molecule has 0 saturated carbocycles. The lowest BCUT2D eigenvalue weighted by Crippen LogP contribution is -2.18. The predicted molar refractivity (Wildman–Crippen MR) is 79.1 cm³/mol. The van der Waals surface area contributed by atoms with Crippen LogP contribution in [0, 0.1) is 5.41 Å². The zero-order valence-electron chi connectivity index (χ0n) is 11.8. The van der Waals surface area contributed by atoms with E-state index in [0.29, 0.717) is 10.6 Å². The van der Waals surface area contributed by atoms with Crippen molar-refractivity contribution in [2.45, 2.75) is 36.6 Å². The summed E-state index contributed by atoms with van der Waals surface area (Å²) in [5, 5.41) is 21.1. The first-order valence-electron chi connectivity index (χ1n) is 6.46. The van der Waals surface area contributed by atoms with Crippen molar-refractivity contribution in [3.05, 3.63) is 29.2 Å². The van der Waals surface area contributed by atoms with Gasteiger partial charge >= 0.3 is 0 Å². The second kappa shape index (κ2) is 6.04. The second-order valence-corrected chi connectivity index (χ2v) is 5.44. The van der Waals surface area contributed by atoms with E-state index < -0.39 is 0 Å². The lowest BCUT2D eigenvalue weighted by Gasteiger charge is -2.13. The van der Waals surface area contributed by atoms with Crippen LogP contribution in [0.5, 0.6) is 0 Å². The molecule has 0 fully saturated rings. The maximum Gasteiger partial charge on any atom is 0.135 e. The first-order valence-corrected chi connectivity index (χ1v) is 7.27. The van der Waals surface area contributed by atoms with Crippen molar-refractivity contribution in [1.82, 2.24) is 20.0 Å². The molecule has 2 rings (SSSR count). The van der Waals surface area contributed by atoms with E-state index in [4.69, 9.17) is 11.1 Å². The van der Waals surface area contributed by atoms with Gasteiger partial charge in [0.15, 0.2) is 0 Å². The fourth-order valence-corrected chi connectivity index (χ4v) is 3.01. The van der Waals surface area contributed by atoms with Crippen molar-refractivity contribution in [2.75, 3.05) is 0 Å². The zero-order chi connectivity index (χ0) is 14.7. The minimum Gasteiger partial charge on any atom is -0.384 e. The number of nitrogens with one attached hydrogen (secondary N) is 1. The summed E-state index contributed by atoms with van der Waals surface area (Å²) in [5.74, 6) is 0.0397. The molecule has 0 bridgehead atoms. The molecule has 2 heterocycles. The van der Waals surface area contributed by atoms with Gasteiger partial charge in [0.05, 0.1) is 22.3 Å². The average molecular weight is 290 g/mol. The molecule has 7 heteroatoms. The predicted octanol–water partition coefficient (Wildman–Crippen LogP) is 1.77. The Morgan fingerprint density at radius 2 is 2.10 bits per heavy atom. The second-order valence-electron chi connectivity index (χ2n) is 4.38. The molecule has 2 aromatic heterocycles. The summed E-state index contributed by atoms with van der Waals surface area (Å²) >= 11 is 1.43. The van der Waals surface area contributed by atoms with E-state index in [2.05, 4.69) is 15.3 Å². The summed E-state index contributed by atoms with van der Waals surface area (Å²) in [6, 6.07) is 0. The molecule has 3 N–H and O–H groups in total. The van der Waals surface area contributed by atoms with Gasteiger partial charge in [-0.05, 0) is 18.4 Å². The Morgan fingerprint density at radius 3 is 2.60 bits per heavy atom. The van der Waals surface area contributed by atoms with Gasteiger partial charge in [0.2, 0.25) is 0 Å². The third-order valence-electron chi connectivity index (χ3n) is 2.98. The third-order valence-corrected chi connectivity index (χ3v) is 3.90. The molecule has 0 spiro atoms. The van der Waals surface area contributed by atoms with Crippen LogP contribution in [-0.4, -0.2) is 25.8 Å². The Labute approximate surface area is 122 Å². The van der Waals surface area contributed by atoms with Crippen LogP contribution in [0.4, 0.5) is 0 Å². The number of aromatic nitrogens is 4. The van der Waals surface area contributed by atoms with Crippen LogP contribution in [0.2, 0.25) is 0 Å². The molecule has 20 heavy (non-hydrogen) atoms. The Morgan fingerprint density at radius 1 is 1.35 bits per heavy atom. The zero-order valence-corrected chi connectivity index (χ0v) is 12.7. The van der Waals surface area contributed by atoms with Gasteiger partial charge in [-0.25, -0.2) is 0 Å². The normalized spacial score (nSPS) is 10.8. The van der Waals surface area contributed by atoms with Crippen molar-refractivity contribution in [2.24, 2.45) is 12.8 Å². The van der Waals surface area contributed by atoms with Crippen molar-refractivity contribution in [3.63, 3.8) is 0 Å². The van der Waals surface area contributed by atoms with Gasteiger partial charge < -0.3 is 5.73 Å². The molecule has 0 aromatic carbocycles. The largest absolute Gasteiger partial charge is 0.384 e. The summed E-state index contributed by atoms with van der Waals surface area (Å²) in [5.41, 5.74) is 8.38. The van der Waals surface area contributed by atoms with Gasteiger partial charge in [-0.3, -0.25) is 10.1 Å². The lowest BCUT2D eigenvalue weighted by atomic mass is 10.0. The van der Waals surface area contributed by atoms with Gasteiger partial charge in [0.25, 0.3) is 0 Å². The molecule has 106 valence electrons. The first-order chi connectivity index (χ1) is 9.56. The monoisotopic (exact) mass is 290 g/mol. The van der Waals surface area contributed by atoms with Crippen LogP contribution in [-0.2, 0) is 19.9 Å². The SMILES string of the molecule is CCc1nnc(Sc2cnn(C)c2)c(C(=N)N)c1CC. The molecule has 0 aliphatic carbocycles. The molecule has 0 saturated heterocycles. The minimum absolute atomic E-state index is 0.0397. The number of nitrogens with zero attached hydrogens (tertiary/aromatic N) is 4. The van der Waals surface area contributed by atoms with E-state index in [0.717, 1.165) is 29.0 Å². The molecule has 0 unspecified atom stereocenters. The van der Waals surface area contributed by atoms with Crippen LogP contribution in [0.1, 0.15) is 30.7 Å². The van der Waals surface area contributed by atoms with Gasteiger partial charge in [0, 0.05) is 13.2 Å². The molecule has 0 radical (unpaired) electrons. The highest BCUT2D eigenvalue weighted by Gasteiger charge is 2.18. The van der Waals surface area contributed by atoms with Gasteiger partial charge in [-0.2, -0.15) is 10.2 Å². The maximum atomic E-state index is 7.84. The molecule has 2 aromatic rings. The van der Waals surface area contributed by atoms with Crippen LogP contribution in [0.25, 0.3) is 0 Å². The molecule has 6 nitrogen and oxygen atoms in total. The van der Waals surface area contributed by atoms with Crippen LogP contribution >= 0.6 is 11.8 Å². The van der Waals surface area contributed by atoms with E-state index in [-0.39, 0.29) is 5.84 Å². The number of hydrogen-bond acceptors (Lipinski definition) is 5. The summed E-state index contributed by atoms with van der Waals surface area (Å²) in [6.07, 6.45) is 5.23. The highest BCUT2D eigenvalue weighted by molar-refractivity contribution is 7.99. The molecule has 0 aliphatic heterocycles. The van der Waals surface area contributed by atoms with Crippen molar-refractivity contribution in [1.29, 1.82) is 5.41 Å². The van der Waals surface area contributed by atoms with Crippen molar-refractivity contribution >= 4 is 17.6 Å². The number of aryl methyl sites for hydroxylation is 2. The number of nitrogens with two attached hydrogens (primary N) is 1. The molecule has 0 atom stereocenters. The Bertz CT molecular complexity index is 634. The minimum atomic E-state index is 0.0397. The van der Waals surface area contributed by atoms with E-state index in [1.54, 1.807) is 10.9 Å². The van der Waals surface area contributed by atoms with E-state index in [9.17, 15) is 0 Å². The highest BCUT2D eigenvalue weighted by Crippen LogP contribution is 2.30. The highest BCUT2D eigenvalue weighted by atomic mass is 32.2. The fraction of sp³-hybridized carbons (Fsp3) is 0.385. The Hall–Kier alpha value is -1.89. The quantitative estimate of drug-likeness (QED) is 0.646. The third kappa shape index (κ3) is 2.82. The van der Waals surface area contributed by atoms with Crippen LogP contribution in [0.15, 0.2) is 22.3 Å².